The van der Waals surface area contributed by atoms with Crippen molar-refractivity contribution in [1.29, 1.82) is 0 Å². The van der Waals surface area contributed by atoms with Crippen LogP contribution in [-0.4, -0.2) is 30.1 Å². The zero-order valence-electron chi connectivity index (χ0n) is 11.1. The van der Waals surface area contributed by atoms with Gasteiger partial charge >= 0.3 is 0 Å². The maximum Gasteiger partial charge on any atom is 0.273 e. The number of nitrogens with one attached hydrogen (secondary N) is 1. The third kappa shape index (κ3) is 3.90. The van der Waals surface area contributed by atoms with Crippen molar-refractivity contribution in [3.63, 3.8) is 0 Å². The molecule has 0 atom stereocenters. The highest BCUT2D eigenvalue weighted by Gasteiger charge is 2.12. The third-order valence-corrected chi connectivity index (χ3v) is 3.26. The molecule has 0 unspecified atom stereocenters. The monoisotopic (exact) mass is 265 g/mol. The number of hydrogen-bond acceptors (Lipinski definition) is 5. The quantitative estimate of drug-likeness (QED) is 0.652. The number of nitrogens with zero attached hydrogens (tertiary/aromatic N) is 2. The standard InChI is InChI=1S/C13H19N3O3/c1-19-13-8-11(7-12(9-13)16(17)18)10-14-15-5-3-2-4-6-15/h7-9,14H,2-6,10H2,1H3. The molecule has 1 heterocycles. The van der Waals surface area contributed by atoms with Crippen LogP contribution in [0.1, 0.15) is 24.8 Å². The van der Waals surface area contributed by atoms with E-state index in [0.29, 0.717) is 12.3 Å². The van der Waals surface area contributed by atoms with Gasteiger partial charge in [-0.3, -0.25) is 15.5 Å². The molecule has 0 amide bonds. The second-order valence-electron chi connectivity index (χ2n) is 4.68. The Morgan fingerprint density at radius 3 is 2.68 bits per heavy atom. The van der Waals surface area contributed by atoms with Crippen LogP contribution < -0.4 is 10.2 Å². The zero-order chi connectivity index (χ0) is 13.7. The van der Waals surface area contributed by atoms with E-state index in [2.05, 4.69) is 10.4 Å². The van der Waals surface area contributed by atoms with Crippen molar-refractivity contribution < 1.29 is 9.66 Å². The van der Waals surface area contributed by atoms with Gasteiger partial charge in [-0.2, -0.15) is 0 Å². The van der Waals surface area contributed by atoms with Gasteiger partial charge < -0.3 is 4.74 Å². The maximum absolute atomic E-state index is 10.8. The van der Waals surface area contributed by atoms with Gasteiger partial charge in [-0.15, -0.1) is 0 Å². The van der Waals surface area contributed by atoms with Crippen LogP contribution in [0.15, 0.2) is 18.2 Å². The van der Waals surface area contributed by atoms with Crippen LogP contribution >= 0.6 is 0 Å². The van der Waals surface area contributed by atoms with Gasteiger partial charge in [-0.25, -0.2) is 5.01 Å². The highest BCUT2D eigenvalue weighted by atomic mass is 16.6. The van der Waals surface area contributed by atoms with Crippen LogP contribution in [0.5, 0.6) is 5.75 Å². The molecule has 1 saturated heterocycles. The van der Waals surface area contributed by atoms with Crippen LogP contribution in [0.3, 0.4) is 0 Å². The normalized spacial score (nSPS) is 16.3. The van der Waals surface area contributed by atoms with Gasteiger partial charge in [0.25, 0.3) is 5.69 Å². The van der Waals surface area contributed by atoms with E-state index in [1.165, 1.54) is 32.4 Å². The number of piperidine rings is 1. The van der Waals surface area contributed by atoms with Gasteiger partial charge in [0.1, 0.15) is 5.75 Å². The Hall–Kier alpha value is -1.66. The summed E-state index contributed by atoms with van der Waals surface area (Å²) in [4.78, 5) is 10.5. The van der Waals surface area contributed by atoms with Gasteiger partial charge in [-0.1, -0.05) is 6.42 Å². The lowest BCUT2D eigenvalue weighted by atomic mass is 10.1. The smallest absolute Gasteiger partial charge is 0.273 e. The SMILES string of the molecule is COc1cc(CNN2CCCCC2)cc([N+](=O)[O-])c1. The summed E-state index contributed by atoms with van der Waals surface area (Å²) in [5.41, 5.74) is 4.23. The van der Waals surface area contributed by atoms with E-state index in [0.717, 1.165) is 18.7 Å². The number of rotatable bonds is 5. The molecule has 1 fully saturated rings. The Morgan fingerprint density at radius 2 is 2.05 bits per heavy atom. The second-order valence-corrected chi connectivity index (χ2v) is 4.68. The second kappa shape index (κ2) is 6.49. The summed E-state index contributed by atoms with van der Waals surface area (Å²) in [6.45, 7) is 2.65. The topological polar surface area (TPSA) is 67.6 Å². The molecule has 6 heteroatoms. The van der Waals surface area contributed by atoms with Crippen LogP contribution in [0.25, 0.3) is 0 Å². The van der Waals surface area contributed by atoms with Crippen molar-refractivity contribution in [3.05, 3.63) is 33.9 Å². The molecule has 1 N–H and O–H groups in total. The maximum atomic E-state index is 10.8. The average molecular weight is 265 g/mol. The van der Waals surface area contributed by atoms with Gasteiger partial charge in [0, 0.05) is 25.7 Å². The molecule has 2 rings (SSSR count). The first-order chi connectivity index (χ1) is 9.19. The molecule has 1 aromatic rings. The largest absolute Gasteiger partial charge is 0.496 e. The fourth-order valence-corrected chi connectivity index (χ4v) is 2.22. The highest BCUT2D eigenvalue weighted by molar-refractivity contribution is 5.42. The van der Waals surface area contributed by atoms with Crippen molar-refractivity contribution in [2.45, 2.75) is 25.8 Å². The molecular weight excluding hydrogens is 246 g/mol. The van der Waals surface area contributed by atoms with E-state index < -0.39 is 4.92 Å². The molecule has 0 radical (unpaired) electrons. The molecule has 1 aliphatic rings. The van der Waals surface area contributed by atoms with Crippen molar-refractivity contribution in [3.8, 4) is 5.75 Å². The van der Waals surface area contributed by atoms with Gasteiger partial charge in [0.05, 0.1) is 18.1 Å². The minimum absolute atomic E-state index is 0.0646. The Balaban J connectivity index is 2.02. The van der Waals surface area contributed by atoms with E-state index in [-0.39, 0.29) is 5.69 Å². The van der Waals surface area contributed by atoms with Crippen molar-refractivity contribution in [2.75, 3.05) is 20.2 Å². The van der Waals surface area contributed by atoms with E-state index in [4.69, 9.17) is 4.74 Å². The number of nitro groups is 1. The van der Waals surface area contributed by atoms with Gasteiger partial charge in [0.2, 0.25) is 0 Å². The molecule has 0 spiro atoms. The predicted molar refractivity (Wildman–Crippen MR) is 71.9 cm³/mol. The molecule has 0 bridgehead atoms. The summed E-state index contributed by atoms with van der Waals surface area (Å²) in [5, 5.41) is 13.0. The minimum Gasteiger partial charge on any atom is -0.496 e. The summed E-state index contributed by atoms with van der Waals surface area (Å²) in [5.74, 6) is 0.518. The predicted octanol–water partition coefficient (Wildman–Crippen LogP) is 2.09. The highest BCUT2D eigenvalue weighted by Crippen LogP contribution is 2.22. The zero-order valence-corrected chi connectivity index (χ0v) is 11.1. The lowest BCUT2D eigenvalue weighted by molar-refractivity contribution is -0.385. The molecule has 19 heavy (non-hydrogen) atoms. The summed E-state index contributed by atoms with van der Waals surface area (Å²) in [7, 11) is 1.51. The molecule has 0 saturated carbocycles. The van der Waals surface area contributed by atoms with Crippen molar-refractivity contribution >= 4 is 5.69 Å². The fraction of sp³-hybridized carbons (Fsp3) is 0.538. The molecule has 1 aliphatic heterocycles. The molecule has 0 aromatic heterocycles. The van der Waals surface area contributed by atoms with E-state index in [1.807, 2.05) is 6.07 Å². The van der Waals surface area contributed by atoms with Crippen LogP contribution in [0.4, 0.5) is 5.69 Å². The van der Waals surface area contributed by atoms with Gasteiger partial charge in [0.15, 0.2) is 0 Å². The minimum atomic E-state index is -0.396. The Labute approximate surface area is 112 Å². The third-order valence-electron chi connectivity index (χ3n) is 3.26. The van der Waals surface area contributed by atoms with Crippen LogP contribution in [-0.2, 0) is 6.54 Å². The Morgan fingerprint density at radius 1 is 1.32 bits per heavy atom. The van der Waals surface area contributed by atoms with Crippen molar-refractivity contribution in [2.24, 2.45) is 0 Å². The van der Waals surface area contributed by atoms with Crippen LogP contribution in [0, 0.1) is 10.1 Å². The van der Waals surface area contributed by atoms with Crippen LogP contribution in [0.2, 0.25) is 0 Å². The molecule has 0 aliphatic carbocycles. The number of ether oxygens (including phenoxy) is 1. The summed E-state index contributed by atoms with van der Waals surface area (Å²) >= 11 is 0. The average Bonchev–Trinajstić information content (AvgIpc) is 2.45. The number of hydrogen-bond donors (Lipinski definition) is 1. The summed E-state index contributed by atoms with van der Waals surface area (Å²) in [6, 6.07) is 4.84. The first kappa shape index (κ1) is 13.8. The first-order valence-electron chi connectivity index (χ1n) is 6.50. The lowest BCUT2D eigenvalue weighted by Crippen LogP contribution is -2.41. The summed E-state index contributed by atoms with van der Waals surface area (Å²) < 4.78 is 5.09. The number of methoxy groups -OCH3 is 1. The molecule has 104 valence electrons. The van der Waals surface area contributed by atoms with E-state index in [1.54, 1.807) is 6.07 Å². The van der Waals surface area contributed by atoms with E-state index >= 15 is 0 Å². The Kier molecular flexibility index (Phi) is 4.70. The number of nitro benzene ring substituents is 1. The summed E-state index contributed by atoms with van der Waals surface area (Å²) in [6.07, 6.45) is 3.68. The van der Waals surface area contributed by atoms with Gasteiger partial charge in [-0.05, 0) is 24.5 Å². The van der Waals surface area contributed by atoms with Crippen molar-refractivity contribution in [1.82, 2.24) is 10.4 Å². The lowest BCUT2D eigenvalue weighted by Gasteiger charge is -2.27. The Bertz CT molecular complexity index is 445. The number of hydrazine groups is 1. The van der Waals surface area contributed by atoms with E-state index in [9.17, 15) is 10.1 Å². The number of benzene rings is 1. The molecule has 1 aromatic carbocycles. The molecular formula is C13H19N3O3. The fourth-order valence-electron chi connectivity index (χ4n) is 2.22. The first-order valence-corrected chi connectivity index (χ1v) is 6.50. The number of non-ortho nitro benzene ring substituents is 1. The molecule has 6 nitrogen and oxygen atoms in total.